The van der Waals surface area contributed by atoms with Gasteiger partial charge in [-0.15, -0.1) is 0 Å². The normalized spacial score (nSPS) is 11.4. The average Bonchev–Trinajstić information content (AvgIpc) is 3.70. The van der Waals surface area contributed by atoms with E-state index in [-0.39, 0.29) is 108 Å². The van der Waals surface area contributed by atoms with Gasteiger partial charge >= 0.3 is 5.97 Å². The molecule has 0 aliphatic heterocycles. The number of amides is 5. The monoisotopic (exact) mass is 867 g/mol. The van der Waals surface area contributed by atoms with Gasteiger partial charge in [-0.2, -0.15) is 0 Å². The fourth-order valence-electron chi connectivity index (χ4n) is 7.34. The Balaban J connectivity index is 1.46. The lowest BCUT2D eigenvalue weighted by atomic mass is 10.1. The second-order valence-electron chi connectivity index (χ2n) is 15.8. The van der Waals surface area contributed by atoms with E-state index in [2.05, 4.69) is 4.98 Å². The number of para-hydroxylation sites is 1. The van der Waals surface area contributed by atoms with Gasteiger partial charge in [-0.3, -0.25) is 28.8 Å². The highest BCUT2D eigenvalue weighted by Gasteiger charge is 2.26. The van der Waals surface area contributed by atoms with Crippen molar-refractivity contribution in [1.82, 2.24) is 29.5 Å². The number of rotatable bonds is 27. The number of ether oxygens (including phenoxy) is 1. The van der Waals surface area contributed by atoms with Crippen LogP contribution >= 0.6 is 0 Å². The van der Waals surface area contributed by atoms with E-state index in [1.165, 1.54) is 23.8 Å². The molecule has 0 radical (unpaired) electrons. The summed E-state index contributed by atoms with van der Waals surface area (Å²) in [5.74, 6) is -1.84. The number of carbonyl (C=O) groups excluding carboxylic acids is 6. The van der Waals surface area contributed by atoms with E-state index in [9.17, 15) is 33.9 Å². The number of hydrogen-bond donors (Lipinski definition) is 3. The first kappa shape index (κ1) is 49.6. The summed E-state index contributed by atoms with van der Waals surface area (Å²) in [6.45, 7) is 4.75. The van der Waals surface area contributed by atoms with Crippen molar-refractivity contribution in [2.24, 2.45) is 5.73 Å². The van der Waals surface area contributed by atoms with Gasteiger partial charge in [-0.05, 0) is 55.5 Å². The minimum Gasteiger partial charge on any atom is -0.469 e. The SMILES string of the molecule is COC(=O)CCN(Cc1ccccc1)C(=O)CCN(C[C@@H](C)O)C(=O)CCN(CCCCN)C(=O)CN(CCc1c[nH]c2ccccc12)C(=O)CCN(Cc1ccccc1)C(C)=O. The number of nitrogens with two attached hydrogens (primary N) is 1. The van der Waals surface area contributed by atoms with E-state index in [1.807, 2.05) is 91.1 Å². The highest BCUT2D eigenvalue weighted by Crippen LogP contribution is 2.19. The Bertz CT molecular complexity index is 2060. The number of H-pyrrole nitrogens is 1. The number of nitrogens with one attached hydrogen (secondary N) is 1. The van der Waals surface area contributed by atoms with E-state index < -0.39 is 12.1 Å². The van der Waals surface area contributed by atoms with Gasteiger partial charge in [-0.1, -0.05) is 78.9 Å². The van der Waals surface area contributed by atoms with Crippen LogP contribution in [0.25, 0.3) is 10.9 Å². The summed E-state index contributed by atoms with van der Waals surface area (Å²) >= 11 is 0. The van der Waals surface area contributed by atoms with Crippen LogP contribution in [-0.2, 0) is 53.0 Å². The predicted molar refractivity (Wildman–Crippen MR) is 242 cm³/mol. The Labute approximate surface area is 371 Å². The lowest BCUT2D eigenvalue weighted by molar-refractivity contribution is -0.142. The zero-order valence-electron chi connectivity index (χ0n) is 37.1. The van der Waals surface area contributed by atoms with Crippen LogP contribution in [0, 0.1) is 0 Å². The lowest BCUT2D eigenvalue weighted by Gasteiger charge is -2.30. The summed E-state index contributed by atoms with van der Waals surface area (Å²) in [5.41, 5.74) is 9.59. The minimum atomic E-state index is -0.880. The molecule has 63 heavy (non-hydrogen) atoms. The Morgan fingerprint density at radius 2 is 1.17 bits per heavy atom. The molecule has 0 saturated heterocycles. The quantitative estimate of drug-likeness (QED) is 0.0585. The number of aliphatic hydroxyl groups excluding tert-OH is 1. The molecule has 4 N–H and O–H groups in total. The van der Waals surface area contributed by atoms with Crippen LogP contribution in [0.4, 0.5) is 0 Å². The highest BCUT2D eigenvalue weighted by molar-refractivity contribution is 5.87. The van der Waals surface area contributed by atoms with Gasteiger partial charge < -0.3 is 45.1 Å². The van der Waals surface area contributed by atoms with Crippen LogP contribution in [0.2, 0.25) is 0 Å². The van der Waals surface area contributed by atoms with Gasteiger partial charge in [0.25, 0.3) is 0 Å². The maximum Gasteiger partial charge on any atom is 0.307 e. The second-order valence-corrected chi connectivity index (χ2v) is 15.8. The number of unbranched alkanes of at least 4 members (excludes halogenated alkanes) is 1. The summed E-state index contributed by atoms with van der Waals surface area (Å²) in [5, 5.41) is 11.4. The molecule has 15 heteroatoms. The van der Waals surface area contributed by atoms with Gasteiger partial charge in [0.15, 0.2) is 0 Å². The Kier molecular flexibility index (Phi) is 20.8. The number of aromatic amines is 1. The third-order valence-corrected chi connectivity index (χ3v) is 10.9. The highest BCUT2D eigenvalue weighted by atomic mass is 16.5. The molecule has 4 rings (SSSR count). The molecule has 1 aromatic heterocycles. The molecule has 0 aliphatic rings. The van der Waals surface area contributed by atoms with Crippen LogP contribution < -0.4 is 5.73 Å². The number of carbonyl (C=O) groups is 6. The number of benzene rings is 3. The van der Waals surface area contributed by atoms with Crippen molar-refractivity contribution in [2.45, 2.75) is 78.0 Å². The Morgan fingerprint density at radius 3 is 1.78 bits per heavy atom. The van der Waals surface area contributed by atoms with Gasteiger partial charge in [0.05, 0.1) is 26.2 Å². The van der Waals surface area contributed by atoms with Crippen LogP contribution in [0.15, 0.2) is 91.1 Å². The molecule has 5 amide bonds. The average molecular weight is 868 g/mol. The number of nitrogens with zero attached hydrogens (tertiary/aromatic N) is 5. The molecule has 4 aromatic rings. The smallest absolute Gasteiger partial charge is 0.307 e. The molecule has 1 heterocycles. The minimum absolute atomic E-state index is 0.0105. The molecule has 0 unspecified atom stereocenters. The van der Waals surface area contributed by atoms with E-state index in [1.54, 1.807) is 21.6 Å². The van der Waals surface area contributed by atoms with E-state index >= 15 is 0 Å². The number of aromatic nitrogens is 1. The molecular weight excluding hydrogens is 803 g/mol. The van der Waals surface area contributed by atoms with Crippen molar-refractivity contribution >= 4 is 46.4 Å². The summed E-state index contributed by atoms with van der Waals surface area (Å²) in [4.78, 5) is 91.3. The van der Waals surface area contributed by atoms with Crippen LogP contribution in [0.5, 0.6) is 0 Å². The maximum atomic E-state index is 14.2. The first-order valence-corrected chi connectivity index (χ1v) is 21.8. The van der Waals surface area contributed by atoms with Crippen molar-refractivity contribution in [3.8, 4) is 0 Å². The number of hydrogen-bond acceptors (Lipinski definition) is 9. The topological polar surface area (TPSA) is 190 Å². The molecule has 0 spiro atoms. The molecule has 0 saturated carbocycles. The zero-order valence-corrected chi connectivity index (χ0v) is 37.1. The third kappa shape index (κ3) is 17.0. The fourth-order valence-corrected chi connectivity index (χ4v) is 7.34. The number of esters is 1. The zero-order chi connectivity index (χ0) is 45.6. The second kappa shape index (κ2) is 26.4. The number of fused-ring (bicyclic) bond motifs is 1. The molecule has 3 aromatic carbocycles. The molecule has 0 bridgehead atoms. The summed E-state index contributed by atoms with van der Waals surface area (Å²) in [7, 11) is 1.29. The van der Waals surface area contributed by atoms with E-state index in [4.69, 9.17) is 10.5 Å². The van der Waals surface area contributed by atoms with Crippen molar-refractivity contribution in [3.05, 3.63) is 108 Å². The first-order valence-electron chi connectivity index (χ1n) is 21.8. The van der Waals surface area contributed by atoms with Gasteiger partial charge in [0.2, 0.25) is 29.5 Å². The largest absolute Gasteiger partial charge is 0.469 e. The molecule has 0 aliphatic carbocycles. The van der Waals surface area contributed by atoms with E-state index in [0.29, 0.717) is 38.9 Å². The molecular formula is C48H65N7O8. The maximum absolute atomic E-state index is 14.2. The molecule has 340 valence electrons. The van der Waals surface area contributed by atoms with Crippen molar-refractivity contribution in [3.63, 3.8) is 0 Å². The Hall–Kier alpha value is -6.06. The molecule has 15 nitrogen and oxygen atoms in total. The van der Waals surface area contributed by atoms with Gasteiger partial charge in [-0.25, -0.2) is 0 Å². The summed E-state index contributed by atoms with van der Waals surface area (Å²) in [6, 6.07) is 26.8. The van der Waals surface area contributed by atoms with Crippen molar-refractivity contribution in [1.29, 1.82) is 0 Å². The van der Waals surface area contributed by atoms with Gasteiger partial charge in [0, 0.05) is 102 Å². The molecule has 0 fully saturated rings. The fraction of sp³-hybridized carbons (Fsp3) is 0.458. The summed E-state index contributed by atoms with van der Waals surface area (Å²) < 4.78 is 4.79. The molecule has 1 atom stereocenters. The third-order valence-electron chi connectivity index (χ3n) is 10.9. The predicted octanol–water partition coefficient (Wildman–Crippen LogP) is 4.13. The summed E-state index contributed by atoms with van der Waals surface area (Å²) in [6.07, 6.45) is 2.63. The van der Waals surface area contributed by atoms with Crippen molar-refractivity contribution < 1.29 is 38.6 Å². The number of aliphatic hydroxyl groups is 1. The van der Waals surface area contributed by atoms with Crippen LogP contribution in [0.1, 0.15) is 69.1 Å². The van der Waals surface area contributed by atoms with Crippen LogP contribution in [0.3, 0.4) is 0 Å². The van der Waals surface area contributed by atoms with Crippen LogP contribution in [-0.4, -0.2) is 142 Å². The lowest BCUT2D eigenvalue weighted by Crippen LogP contribution is -2.46. The standard InChI is InChI=1S/C48H65N7O8/c1-37(56)33-53(30-23-45(59)54(31-24-48(62)63-3)35-40-16-8-5-9-17-40)44(58)21-28-51(26-13-12-25-49)47(61)36-55(27-20-41-32-50-43-19-11-10-18-42(41)43)46(60)22-29-52(38(2)57)34-39-14-6-4-7-15-39/h4-11,14-19,32,37,50,56H,12-13,20-31,33-36,49H2,1-3H3/t37-/m1/s1. The Morgan fingerprint density at radius 1 is 0.635 bits per heavy atom. The van der Waals surface area contributed by atoms with Gasteiger partial charge in [0.1, 0.15) is 0 Å². The first-order chi connectivity index (χ1) is 30.4. The van der Waals surface area contributed by atoms with Crippen molar-refractivity contribution in [2.75, 3.05) is 66.0 Å². The van der Waals surface area contributed by atoms with E-state index in [0.717, 1.165) is 27.6 Å². The number of methoxy groups -OCH3 is 1.